The van der Waals surface area contributed by atoms with Crippen LogP contribution in [0.2, 0.25) is 0 Å². The molecule has 0 saturated carbocycles. The van der Waals surface area contributed by atoms with E-state index in [0.717, 1.165) is 27.3 Å². The molecule has 0 bridgehead atoms. The lowest BCUT2D eigenvalue weighted by Gasteiger charge is -2.08. The summed E-state index contributed by atoms with van der Waals surface area (Å²) in [7, 11) is 1.84. The summed E-state index contributed by atoms with van der Waals surface area (Å²) in [6.07, 6.45) is 5.54. The molecule has 3 heterocycles. The molecule has 0 aliphatic carbocycles. The summed E-state index contributed by atoms with van der Waals surface area (Å²) in [6.45, 7) is 3.95. The first kappa shape index (κ1) is 12.2. The first-order valence-corrected chi connectivity index (χ1v) is 6.64. The summed E-state index contributed by atoms with van der Waals surface area (Å²) in [4.78, 5) is 8.91. The number of rotatable bonds is 2. The molecule has 0 spiro atoms. The van der Waals surface area contributed by atoms with Gasteiger partial charge in [-0.25, -0.2) is 14.6 Å². The highest BCUT2D eigenvalue weighted by Gasteiger charge is 2.15. The summed E-state index contributed by atoms with van der Waals surface area (Å²) >= 11 is 3.53. The number of fused-ring (bicyclic) bond motifs is 1. The molecule has 98 valence electrons. The number of halogens is 1. The molecule has 0 fully saturated rings. The first-order valence-electron chi connectivity index (χ1n) is 5.85. The van der Waals surface area contributed by atoms with E-state index in [0.29, 0.717) is 5.82 Å². The van der Waals surface area contributed by atoms with Gasteiger partial charge in [0.2, 0.25) is 0 Å². The topological polar surface area (TPSA) is 60.0 Å². The molecule has 0 aliphatic heterocycles. The fourth-order valence-electron chi connectivity index (χ4n) is 2.01. The van der Waals surface area contributed by atoms with Crippen LogP contribution in [0.15, 0.2) is 23.1 Å². The molecule has 0 atom stereocenters. The van der Waals surface area contributed by atoms with Crippen LogP contribution in [0, 0.1) is 13.8 Å². The van der Waals surface area contributed by atoms with Gasteiger partial charge in [-0.1, -0.05) is 0 Å². The number of hydrogen-bond donors (Lipinski definition) is 1. The minimum atomic E-state index is 0.711. The Kier molecular flexibility index (Phi) is 2.78. The van der Waals surface area contributed by atoms with E-state index in [4.69, 9.17) is 0 Å². The Morgan fingerprint density at radius 2 is 2.11 bits per heavy atom. The van der Waals surface area contributed by atoms with Gasteiger partial charge in [-0.15, -0.1) is 0 Å². The molecule has 0 aliphatic rings. The maximum atomic E-state index is 4.56. The highest BCUT2D eigenvalue weighted by molar-refractivity contribution is 9.10. The fraction of sp³-hybridized carbons (Fsp3) is 0.250. The minimum Gasteiger partial charge on any atom is -0.372 e. The molecular weight excluding hydrogens is 308 g/mol. The maximum absolute atomic E-state index is 4.56. The van der Waals surface area contributed by atoms with Crippen LogP contribution in [-0.2, 0) is 0 Å². The highest BCUT2D eigenvalue weighted by Crippen LogP contribution is 2.24. The van der Waals surface area contributed by atoms with Gasteiger partial charge in [0.1, 0.15) is 5.82 Å². The predicted molar refractivity (Wildman–Crippen MR) is 76.8 cm³/mol. The second-order valence-corrected chi connectivity index (χ2v) is 5.05. The molecule has 19 heavy (non-hydrogen) atoms. The van der Waals surface area contributed by atoms with Gasteiger partial charge in [0.25, 0.3) is 0 Å². The maximum Gasteiger partial charge on any atom is 0.199 e. The zero-order valence-electron chi connectivity index (χ0n) is 10.8. The summed E-state index contributed by atoms with van der Waals surface area (Å²) in [5, 5.41) is 7.56. The third-order valence-corrected chi connectivity index (χ3v) is 4.16. The molecule has 0 radical (unpaired) electrons. The van der Waals surface area contributed by atoms with E-state index in [1.165, 1.54) is 0 Å². The minimum absolute atomic E-state index is 0.711. The number of hydrogen-bond acceptors (Lipinski definition) is 4. The molecule has 0 amide bonds. The van der Waals surface area contributed by atoms with Gasteiger partial charge in [0.15, 0.2) is 11.5 Å². The van der Waals surface area contributed by atoms with Gasteiger partial charge < -0.3 is 9.72 Å². The lowest BCUT2D eigenvalue weighted by Crippen LogP contribution is -2.07. The monoisotopic (exact) mass is 320 g/mol. The standard InChI is InChI=1S/C12H13BrN6/c1-7-10(13)8(2)19(17-7)12-11-15-4-5-18(11)6-9(14-3)16-12/h4-6,14H,1-3H3. The molecule has 0 unspecified atom stereocenters. The van der Waals surface area contributed by atoms with Gasteiger partial charge >= 0.3 is 0 Å². The Bertz CT molecular complexity index is 757. The molecule has 3 rings (SSSR count). The van der Waals surface area contributed by atoms with Crippen LogP contribution >= 0.6 is 15.9 Å². The molecule has 0 saturated heterocycles. The number of nitrogens with zero attached hydrogens (tertiary/aromatic N) is 5. The fourth-order valence-corrected chi connectivity index (χ4v) is 2.25. The van der Waals surface area contributed by atoms with E-state index in [-0.39, 0.29) is 0 Å². The summed E-state index contributed by atoms with van der Waals surface area (Å²) in [5.74, 6) is 1.48. The lowest BCUT2D eigenvalue weighted by molar-refractivity contribution is 0.804. The molecule has 7 heteroatoms. The van der Waals surface area contributed by atoms with Crippen molar-refractivity contribution >= 4 is 27.4 Å². The van der Waals surface area contributed by atoms with E-state index >= 15 is 0 Å². The number of aromatic nitrogens is 5. The zero-order valence-corrected chi connectivity index (χ0v) is 12.4. The normalized spacial score (nSPS) is 11.2. The Morgan fingerprint density at radius 3 is 2.74 bits per heavy atom. The number of imidazole rings is 1. The summed E-state index contributed by atoms with van der Waals surface area (Å²) < 4.78 is 4.73. The van der Waals surface area contributed by atoms with E-state index in [1.807, 2.05) is 42.4 Å². The van der Waals surface area contributed by atoms with E-state index in [9.17, 15) is 0 Å². The van der Waals surface area contributed by atoms with Crippen molar-refractivity contribution in [3.63, 3.8) is 0 Å². The first-order chi connectivity index (χ1) is 9.11. The third kappa shape index (κ3) is 1.81. The largest absolute Gasteiger partial charge is 0.372 e. The average molecular weight is 321 g/mol. The molecular formula is C12H13BrN6. The SMILES string of the molecule is CNc1cn2ccnc2c(-n2nc(C)c(Br)c2C)n1. The Hall–Kier alpha value is -1.89. The van der Waals surface area contributed by atoms with Crippen molar-refractivity contribution in [3.05, 3.63) is 34.5 Å². The van der Waals surface area contributed by atoms with Crippen molar-refractivity contribution < 1.29 is 0 Å². The Labute approximate surface area is 118 Å². The lowest BCUT2D eigenvalue weighted by atomic mass is 10.4. The van der Waals surface area contributed by atoms with Gasteiger partial charge in [-0.05, 0) is 29.8 Å². The highest BCUT2D eigenvalue weighted by atomic mass is 79.9. The molecule has 3 aromatic heterocycles. The molecule has 0 aromatic carbocycles. The van der Waals surface area contributed by atoms with Crippen LogP contribution in [0.1, 0.15) is 11.4 Å². The molecule has 3 aromatic rings. The van der Waals surface area contributed by atoms with Crippen molar-refractivity contribution in [1.82, 2.24) is 24.1 Å². The van der Waals surface area contributed by atoms with Crippen molar-refractivity contribution in [3.8, 4) is 5.82 Å². The van der Waals surface area contributed by atoms with Crippen LogP contribution < -0.4 is 5.32 Å². The van der Waals surface area contributed by atoms with Crippen molar-refractivity contribution in [2.24, 2.45) is 0 Å². The van der Waals surface area contributed by atoms with Gasteiger partial charge in [0.05, 0.1) is 22.1 Å². The smallest absolute Gasteiger partial charge is 0.199 e. The van der Waals surface area contributed by atoms with Crippen molar-refractivity contribution in [2.45, 2.75) is 13.8 Å². The van der Waals surface area contributed by atoms with Crippen LogP contribution in [0.5, 0.6) is 0 Å². The molecule has 1 N–H and O–H groups in total. The van der Waals surface area contributed by atoms with E-state index in [1.54, 1.807) is 6.20 Å². The second kappa shape index (κ2) is 4.34. The third-order valence-electron chi connectivity index (χ3n) is 3.02. The zero-order chi connectivity index (χ0) is 13.6. The quantitative estimate of drug-likeness (QED) is 0.787. The van der Waals surface area contributed by atoms with Gasteiger partial charge in [-0.2, -0.15) is 5.10 Å². The Morgan fingerprint density at radius 1 is 1.32 bits per heavy atom. The van der Waals surface area contributed by atoms with E-state index in [2.05, 4.69) is 36.3 Å². The van der Waals surface area contributed by atoms with Crippen LogP contribution in [0.3, 0.4) is 0 Å². The van der Waals surface area contributed by atoms with E-state index < -0.39 is 0 Å². The number of nitrogens with one attached hydrogen (secondary N) is 1. The van der Waals surface area contributed by atoms with Gasteiger partial charge in [-0.3, -0.25) is 0 Å². The molecule has 6 nitrogen and oxygen atoms in total. The summed E-state index contributed by atoms with van der Waals surface area (Å²) in [5.41, 5.74) is 2.71. The predicted octanol–water partition coefficient (Wildman–Crippen LogP) is 2.34. The average Bonchev–Trinajstić information content (AvgIpc) is 2.98. The number of aryl methyl sites for hydroxylation is 1. The van der Waals surface area contributed by atoms with Crippen LogP contribution in [0.4, 0.5) is 5.82 Å². The van der Waals surface area contributed by atoms with Crippen molar-refractivity contribution in [1.29, 1.82) is 0 Å². The van der Waals surface area contributed by atoms with Crippen LogP contribution in [0.25, 0.3) is 11.5 Å². The van der Waals surface area contributed by atoms with Crippen molar-refractivity contribution in [2.75, 3.05) is 12.4 Å². The number of anilines is 1. The summed E-state index contributed by atoms with van der Waals surface area (Å²) in [6, 6.07) is 0. The van der Waals surface area contributed by atoms with Gasteiger partial charge in [0, 0.05) is 19.4 Å². The Balaban J connectivity index is 2.34. The van der Waals surface area contributed by atoms with Crippen LogP contribution in [-0.4, -0.2) is 31.2 Å². The second-order valence-electron chi connectivity index (χ2n) is 4.25.